The second-order valence-corrected chi connectivity index (χ2v) is 4.35. The summed E-state index contributed by atoms with van der Waals surface area (Å²) in [6.07, 6.45) is 2.02. The van der Waals surface area contributed by atoms with Crippen molar-refractivity contribution >= 4 is 5.97 Å². The molecule has 1 aromatic carbocycles. The van der Waals surface area contributed by atoms with E-state index in [1.807, 2.05) is 24.3 Å². The molecule has 104 valence electrons. The molecule has 5 heteroatoms. The van der Waals surface area contributed by atoms with Crippen molar-refractivity contribution in [1.29, 1.82) is 0 Å². The van der Waals surface area contributed by atoms with Gasteiger partial charge in [-0.05, 0) is 30.2 Å². The highest BCUT2D eigenvalue weighted by Gasteiger charge is 2.05. The number of ether oxygens (including phenoxy) is 1. The van der Waals surface area contributed by atoms with Crippen LogP contribution in [0.3, 0.4) is 0 Å². The first-order chi connectivity index (χ1) is 9.60. The van der Waals surface area contributed by atoms with Gasteiger partial charge in [0.25, 0.3) is 5.56 Å². The quantitative estimate of drug-likeness (QED) is 0.902. The summed E-state index contributed by atoms with van der Waals surface area (Å²) in [5.41, 5.74) is 0.960. The van der Waals surface area contributed by atoms with Gasteiger partial charge in [-0.3, -0.25) is 4.79 Å². The SMILES string of the molecule is COc1ccc(CCn2cc(C(=O)O)ccc2=O)cc1. The van der Waals surface area contributed by atoms with Gasteiger partial charge >= 0.3 is 5.97 Å². The molecular weight excluding hydrogens is 258 g/mol. The Morgan fingerprint density at radius 3 is 2.50 bits per heavy atom. The number of methoxy groups -OCH3 is 1. The highest BCUT2D eigenvalue weighted by atomic mass is 16.5. The van der Waals surface area contributed by atoms with Crippen LogP contribution < -0.4 is 10.3 Å². The summed E-state index contributed by atoms with van der Waals surface area (Å²) in [5, 5.41) is 8.91. The van der Waals surface area contributed by atoms with E-state index < -0.39 is 5.97 Å². The molecule has 0 aliphatic heterocycles. The monoisotopic (exact) mass is 273 g/mol. The van der Waals surface area contributed by atoms with Crippen molar-refractivity contribution in [3.05, 3.63) is 64.1 Å². The molecule has 0 atom stereocenters. The van der Waals surface area contributed by atoms with Crippen LogP contribution >= 0.6 is 0 Å². The van der Waals surface area contributed by atoms with Crippen LogP contribution in [0.4, 0.5) is 0 Å². The van der Waals surface area contributed by atoms with Crippen LogP contribution in [0.5, 0.6) is 5.75 Å². The molecule has 20 heavy (non-hydrogen) atoms. The number of carboxylic acid groups (broad SMARTS) is 1. The van der Waals surface area contributed by atoms with Gasteiger partial charge in [-0.1, -0.05) is 12.1 Å². The molecule has 1 N–H and O–H groups in total. The van der Waals surface area contributed by atoms with E-state index in [0.717, 1.165) is 11.3 Å². The summed E-state index contributed by atoms with van der Waals surface area (Å²) in [6, 6.07) is 10.1. The van der Waals surface area contributed by atoms with Crippen molar-refractivity contribution < 1.29 is 14.6 Å². The minimum atomic E-state index is -1.04. The lowest BCUT2D eigenvalue weighted by Gasteiger charge is -2.07. The van der Waals surface area contributed by atoms with Gasteiger partial charge in [-0.25, -0.2) is 4.79 Å². The lowest BCUT2D eigenvalue weighted by Crippen LogP contribution is -2.21. The third-order valence-corrected chi connectivity index (χ3v) is 3.03. The molecule has 0 saturated heterocycles. The van der Waals surface area contributed by atoms with Crippen LogP contribution in [0.1, 0.15) is 15.9 Å². The molecule has 0 spiro atoms. The highest BCUT2D eigenvalue weighted by Crippen LogP contribution is 2.12. The van der Waals surface area contributed by atoms with Crippen molar-refractivity contribution in [2.45, 2.75) is 13.0 Å². The van der Waals surface area contributed by atoms with Crippen molar-refractivity contribution in [2.75, 3.05) is 7.11 Å². The van der Waals surface area contributed by atoms with Crippen LogP contribution in [0.25, 0.3) is 0 Å². The number of aryl methyl sites for hydroxylation is 2. The fraction of sp³-hybridized carbons (Fsp3) is 0.200. The number of aromatic nitrogens is 1. The van der Waals surface area contributed by atoms with E-state index in [-0.39, 0.29) is 11.1 Å². The maximum absolute atomic E-state index is 11.7. The zero-order chi connectivity index (χ0) is 14.5. The molecule has 5 nitrogen and oxygen atoms in total. The lowest BCUT2D eigenvalue weighted by molar-refractivity contribution is 0.0696. The summed E-state index contributed by atoms with van der Waals surface area (Å²) in [5.74, 6) is -0.262. The largest absolute Gasteiger partial charge is 0.497 e. The minimum absolute atomic E-state index is 0.110. The Labute approximate surface area is 116 Å². The van der Waals surface area contributed by atoms with Gasteiger partial charge in [0.05, 0.1) is 12.7 Å². The van der Waals surface area contributed by atoms with Gasteiger partial charge in [0, 0.05) is 18.8 Å². The second-order valence-electron chi connectivity index (χ2n) is 4.35. The van der Waals surface area contributed by atoms with Crippen molar-refractivity contribution in [2.24, 2.45) is 0 Å². The molecule has 0 amide bonds. The number of aromatic carboxylic acids is 1. The van der Waals surface area contributed by atoms with Crippen molar-refractivity contribution in [1.82, 2.24) is 4.57 Å². The topological polar surface area (TPSA) is 68.5 Å². The fourth-order valence-electron chi connectivity index (χ4n) is 1.87. The maximum Gasteiger partial charge on any atom is 0.337 e. The molecule has 0 aliphatic carbocycles. The summed E-state index contributed by atoms with van der Waals surface area (Å²) in [6.45, 7) is 0.437. The van der Waals surface area contributed by atoms with Gasteiger partial charge in [0.15, 0.2) is 0 Å². The highest BCUT2D eigenvalue weighted by molar-refractivity contribution is 5.87. The van der Waals surface area contributed by atoms with E-state index in [9.17, 15) is 9.59 Å². The molecule has 0 unspecified atom stereocenters. The van der Waals surface area contributed by atoms with E-state index >= 15 is 0 Å². The summed E-state index contributed by atoms with van der Waals surface area (Å²) >= 11 is 0. The van der Waals surface area contributed by atoms with E-state index in [0.29, 0.717) is 13.0 Å². The number of hydrogen-bond donors (Lipinski definition) is 1. The van der Waals surface area contributed by atoms with E-state index in [4.69, 9.17) is 9.84 Å². The maximum atomic E-state index is 11.7. The molecular formula is C15H15NO4. The van der Waals surface area contributed by atoms with Gasteiger partial charge in [0.1, 0.15) is 5.75 Å². The fourth-order valence-corrected chi connectivity index (χ4v) is 1.87. The number of carboxylic acids is 1. The van der Waals surface area contributed by atoms with Crippen molar-refractivity contribution in [3.8, 4) is 5.75 Å². The van der Waals surface area contributed by atoms with Crippen LogP contribution in [-0.2, 0) is 13.0 Å². The number of nitrogens with zero attached hydrogens (tertiary/aromatic N) is 1. The molecule has 0 fully saturated rings. The number of rotatable bonds is 5. The standard InChI is InChI=1S/C15H15NO4/c1-20-13-5-2-11(3-6-13)8-9-16-10-12(15(18)19)4-7-14(16)17/h2-7,10H,8-9H2,1H3,(H,18,19). The first-order valence-electron chi connectivity index (χ1n) is 6.17. The Balaban J connectivity index is 2.11. The van der Waals surface area contributed by atoms with Crippen LogP contribution in [0, 0.1) is 0 Å². The summed E-state index contributed by atoms with van der Waals surface area (Å²) < 4.78 is 6.48. The van der Waals surface area contributed by atoms with Crippen LogP contribution in [-0.4, -0.2) is 22.8 Å². The first-order valence-corrected chi connectivity index (χ1v) is 6.17. The third kappa shape index (κ3) is 3.26. The Bertz CT molecular complexity index is 658. The molecule has 0 bridgehead atoms. The summed E-state index contributed by atoms with van der Waals surface area (Å²) in [7, 11) is 1.60. The zero-order valence-electron chi connectivity index (χ0n) is 11.1. The third-order valence-electron chi connectivity index (χ3n) is 3.03. The van der Waals surface area contributed by atoms with Crippen LogP contribution in [0.15, 0.2) is 47.4 Å². The predicted molar refractivity (Wildman–Crippen MR) is 74.4 cm³/mol. The smallest absolute Gasteiger partial charge is 0.337 e. The Kier molecular flexibility index (Phi) is 4.20. The Morgan fingerprint density at radius 2 is 1.90 bits per heavy atom. The second kappa shape index (κ2) is 6.06. The molecule has 2 aromatic rings. The zero-order valence-corrected chi connectivity index (χ0v) is 11.1. The van der Waals surface area contributed by atoms with Gasteiger partial charge < -0.3 is 14.4 Å². The number of carbonyl (C=O) groups is 1. The molecule has 2 rings (SSSR count). The Morgan fingerprint density at radius 1 is 1.20 bits per heavy atom. The molecule has 0 radical (unpaired) electrons. The van der Waals surface area contributed by atoms with Gasteiger partial charge in [0.2, 0.25) is 0 Å². The van der Waals surface area contributed by atoms with E-state index in [1.165, 1.54) is 22.9 Å². The van der Waals surface area contributed by atoms with E-state index in [2.05, 4.69) is 0 Å². The van der Waals surface area contributed by atoms with Crippen molar-refractivity contribution in [3.63, 3.8) is 0 Å². The minimum Gasteiger partial charge on any atom is -0.497 e. The first kappa shape index (κ1) is 13.9. The molecule has 0 saturated carbocycles. The van der Waals surface area contributed by atoms with Crippen LogP contribution in [0.2, 0.25) is 0 Å². The van der Waals surface area contributed by atoms with Gasteiger partial charge in [-0.2, -0.15) is 0 Å². The van der Waals surface area contributed by atoms with E-state index in [1.54, 1.807) is 7.11 Å². The number of hydrogen-bond acceptors (Lipinski definition) is 3. The predicted octanol–water partition coefficient (Wildman–Crippen LogP) is 1.80. The Hall–Kier alpha value is -2.56. The van der Waals surface area contributed by atoms with Gasteiger partial charge in [-0.15, -0.1) is 0 Å². The lowest BCUT2D eigenvalue weighted by atomic mass is 10.1. The average molecular weight is 273 g/mol. The normalized spacial score (nSPS) is 10.2. The number of benzene rings is 1. The summed E-state index contributed by atoms with van der Waals surface area (Å²) in [4.78, 5) is 22.5. The molecule has 1 aromatic heterocycles. The molecule has 0 aliphatic rings. The number of pyridine rings is 1. The average Bonchev–Trinajstić information content (AvgIpc) is 2.46. The molecule has 1 heterocycles.